The molecule has 0 aromatic heterocycles. The van der Waals surface area contributed by atoms with Crippen LogP contribution in [-0.4, -0.2) is 12.6 Å². The predicted molar refractivity (Wildman–Crippen MR) is 64.6 cm³/mol. The highest BCUT2D eigenvalue weighted by Crippen LogP contribution is 2.20. The highest BCUT2D eigenvalue weighted by Gasteiger charge is 2.13. The Balaban J connectivity index is 2.87. The van der Waals surface area contributed by atoms with Crippen LogP contribution in [0.25, 0.3) is 0 Å². The number of rotatable bonds is 4. The maximum absolute atomic E-state index is 13.3. The van der Waals surface area contributed by atoms with Crippen molar-refractivity contribution in [1.29, 1.82) is 0 Å². The highest BCUT2D eigenvalue weighted by atomic mass is 35.5. The quantitative estimate of drug-likeness (QED) is 0.791. The lowest BCUT2D eigenvalue weighted by molar-refractivity contribution is 0.514. The fraction of sp³-hybridized carbons (Fsp3) is 0.333. The average molecular weight is 241 g/mol. The molecule has 86 valence electrons. The molecule has 2 atom stereocenters. The summed E-state index contributed by atoms with van der Waals surface area (Å²) in [7, 11) is 0. The van der Waals surface area contributed by atoms with Gasteiger partial charge in [-0.2, -0.15) is 0 Å². The van der Waals surface area contributed by atoms with Crippen molar-refractivity contribution in [3.63, 3.8) is 0 Å². The molecule has 0 aliphatic heterocycles. The van der Waals surface area contributed by atoms with Gasteiger partial charge in [0.2, 0.25) is 0 Å². The molecule has 16 heavy (non-hydrogen) atoms. The summed E-state index contributed by atoms with van der Waals surface area (Å²) in [5.74, 6) is 2.09. The Kier molecular flexibility index (Phi) is 4.75. The van der Waals surface area contributed by atoms with Crippen LogP contribution in [0.1, 0.15) is 18.5 Å². The zero-order valence-corrected chi connectivity index (χ0v) is 9.76. The summed E-state index contributed by atoms with van der Waals surface area (Å²) in [6.45, 7) is 2.18. The second-order valence-corrected chi connectivity index (χ2v) is 3.92. The van der Waals surface area contributed by atoms with Crippen molar-refractivity contribution in [2.75, 3.05) is 6.54 Å². The van der Waals surface area contributed by atoms with E-state index < -0.39 is 5.82 Å². The molecular formula is C12H14ClFN2. The van der Waals surface area contributed by atoms with Crippen molar-refractivity contribution in [3.05, 3.63) is 34.6 Å². The van der Waals surface area contributed by atoms with Crippen LogP contribution in [-0.2, 0) is 0 Å². The van der Waals surface area contributed by atoms with Gasteiger partial charge in [-0.1, -0.05) is 23.6 Å². The molecule has 0 heterocycles. The van der Waals surface area contributed by atoms with E-state index in [4.69, 9.17) is 23.8 Å². The minimum atomic E-state index is -0.451. The van der Waals surface area contributed by atoms with Crippen LogP contribution >= 0.6 is 11.6 Å². The van der Waals surface area contributed by atoms with Gasteiger partial charge in [0.15, 0.2) is 0 Å². The summed E-state index contributed by atoms with van der Waals surface area (Å²) in [4.78, 5) is 0. The monoisotopic (exact) mass is 240 g/mol. The molecule has 0 fully saturated rings. The van der Waals surface area contributed by atoms with Gasteiger partial charge in [0, 0.05) is 12.6 Å². The van der Waals surface area contributed by atoms with Crippen molar-refractivity contribution in [1.82, 2.24) is 5.32 Å². The van der Waals surface area contributed by atoms with E-state index in [0.717, 1.165) is 5.56 Å². The summed E-state index contributed by atoms with van der Waals surface area (Å²) in [6.07, 6.45) is 5.26. The Hall–Kier alpha value is -1.08. The SMILES string of the molecule is C#CC(C)NC(CN)c1ccc(Cl)c(F)c1. The van der Waals surface area contributed by atoms with Crippen LogP contribution in [0.15, 0.2) is 18.2 Å². The number of nitrogens with one attached hydrogen (secondary N) is 1. The molecule has 1 aromatic rings. The van der Waals surface area contributed by atoms with Gasteiger partial charge < -0.3 is 5.73 Å². The molecular weight excluding hydrogens is 227 g/mol. The lowest BCUT2D eigenvalue weighted by Crippen LogP contribution is -2.34. The van der Waals surface area contributed by atoms with Crippen molar-refractivity contribution in [3.8, 4) is 12.3 Å². The second-order valence-electron chi connectivity index (χ2n) is 3.52. The van der Waals surface area contributed by atoms with E-state index in [1.165, 1.54) is 12.1 Å². The third kappa shape index (κ3) is 3.21. The van der Waals surface area contributed by atoms with Crippen LogP contribution in [0.2, 0.25) is 5.02 Å². The summed E-state index contributed by atoms with van der Waals surface area (Å²) < 4.78 is 13.3. The van der Waals surface area contributed by atoms with E-state index in [2.05, 4.69) is 11.2 Å². The minimum absolute atomic E-state index is 0.101. The maximum atomic E-state index is 13.3. The summed E-state index contributed by atoms with van der Waals surface area (Å²) in [6, 6.07) is 4.33. The summed E-state index contributed by atoms with van der Waals surface area (Å²) in [5, 5.41) is 3.21. The number of nitrogens with two attached hydrogens (primary N) is 1. The van der Waals surface area contributed by atoms with E-state index in [0.29, 0.717) is 6.54 Å². The minimum Gasteiger partial charge on any atom is -0.329 e. The third-order valence-corrected chi connectivity index (χ3v) is 2.59. The molecule has 2 nitrogen and oxygen atoms in total. The summed E-state index contributed by atoms with van der Waals surface area (Å²) >= 11 is 5.60. The standard InChI is InChI=1S/C12H14ClFN2/c1-3-8(2)16-12(7-15)9-4-5-10(13)11(14)6-9/h1,4-6,8,12,16H,7,15H2,2H3. The zero-order valence-electron chi connectivity index (χ0n) is 9.00. The van der Waals surface area contributed by atoms with Crippen LogP contribution in [0.5, 0.6) is 0 Å². The number of halogens is 2. The smallest absolute Gasteiger partial charge is 0.142 e. The first-order valence-corrected chi connectivity index (χ1v) is 5.33. The van der Waals surface area contributed by atoms with Gasteiger partial charge in [-0.3, -0.25) is 5.32 Å². The molecule has 1 aromatic carbocycles. The molecule has 0 aliphatic rings. The Labute approximate surface area is 100.0 Å². The van der Waals surface area contributed by atoms with Gasteiger partial charge in [0.05, 0.1) is 11.1 Å². The zero-order chi connectivity index (χ0) is 12.1. The Morgan fingerprint density at radius 2 is 2.31 bits per heavy atom. The van der Waals surface area contributed by atoms with E-state index in [9.17, 15) is 4.39 Å². The molecule has 0 aliphatic carbocycles. The number of hydrogen-bond acceptors (Lipinski definition) is 2. The van der Waals surface area contributed by atoms with Gasteiger partial charge in [-0.05, 0) is 24.6 Å². The van der Waals surface area contributed by atoms with Gasteiger partial charge in [-0.25, -0.2) is 4.39 Å². The number of terminal acetylenes is 1. The van der Waals surface area contributed by atoms with Gasteiger partial charge in [0.25, 0.3) is 0 Å². The topological polar surface area (TPSA) is 38.0 Å². The van der Waals surface area contributed by atoms with Crippen molar-refractivity contribution >= 4 is 11.6 Å². The van der Waals surface area contributed by atoms with Crippen LogP contribution in [0.3, 0.4) is 0 Å². The lowest BCUT2D eigenvalue weighted by Gasteiger charge is -2.19. The predicted octanol–water partition coefficient (Wildman–Crippen LogP) is 2.09. The Morgan fingerprint density at radius 3 is 2.81 bits per heavy atom. The van der Waals surface area contributed by atoms with Crippen molar-refractivity contribution in [2.45, 2.75) is 19.0 Å². The fourth-order valence-corrected chi connectivity index (χ4v) is 1.50. The maximum Gasteiger partial charge on any atom is 0.142 e. The molecule has 1 rings (SSSR count). The first kappa shape index (κ1) is 13.0. The normalized spacial score (nSPS) is 14.2. The Morgan fingerprint density at radius 1 is 1.62 bits per heavy atom. The van der Waals surface area contributed by atoms with E-state index >= 15 is 0 Å². The molecule has 0 spiro atoms. The molecule has 0 saturated carbocycles. The molecule has 0 amide bonds. The molecule has 0 saturated heterocycles. The van der Waals surface area contributed by atoms with Gasteiger partial charge in [0.1, 0.15) is 5.82 Å². The van der Waals surface area contributed by atoms with Gasteiger partial charge >= 0.3 is 0 Å². The second kappa shape index (κ2) is 5.86. The van der Waals surface area contributed by atoms with Crippen molar-refractivity contribution < 1.29 is 4.39 Å². The average Bonchev–Trinajstić information content (AvgIpc) is 2.29. The first-order chi connectivity index (χ1) is 7.58. The first-order valence-electron chi connectivity index (χ1n) is 4.95. The molecule has 0 radical (unpaired) electrons. The third-order valence-electron chi connectivity index (χ3n) is 2.28. The highest BCUT2D eigenvalue weighted by molar-refractivity contribution is 6.30. The molecule has 4 heteroatoms. The van der Waals surface area contributed by atoms with Gasteiger partial charge in [-0.15, -0.1) is 6.42 Å². The number of benzene rings is 1. The van der Waals surface area contributed by atoms with Crippen molar-refractivity contribution in [2.24, 2.45) is 5.73 Å². The van der Waals surface area contributed by atoms with Crippen LogP contribution in [0.4, 0.5) is 4.39 Å². The Bertz CT molecular complexity index is 400. The van der Waals surface area contributed by atoms with E-state index in [-0.39, 0.29) is 17.1 Å². The fourth-order valence-electron chi connectivity index (χ4n) is 1.38. The van der Waals surface area contributed by atoms with Crippen LogP contribution in [0, 0.1) is 18.2 Å². The molecule has 2 unspecified atom stereocenters. The van der Waals surface area contributed by atoms with Crippen LogP contribution < -0.4 is 11.1 Å². The summed E-state index contributed by atoms with van der Waals surface area (Å²) in [5.41, 5.74) is 6.35. The van der Waals surface area contributed by atoms with E-state index in [1.807, 2.05) is 6.92 Å². The molecule has 3 N–H and O–H groups in total. The molecule has 0 bridgehead atoms. The largest absolute Gasteiger partial charge is 0.329 e. The van der Waals surface area contributed by atoms with E-state index in [1.54, 1.807) is 6.07 Å². The number of hydrogen-bond donors (Lipinski definition) is 2. The lowest BCUT2D eigenvalue weighted by atomic mass is 10.1.